The molecule has 0 saturated carbocycles. The maximum Gasteiger partial charge on any atom is 0.295 e. The van der Waals surface area contributed by atoms with E-state index in [9.17, 15) is 10.1 Å². The van der Waals surface area contributed by atoms with Crippen LogP contribution in [0.5, 0.6) is 5.75 Å². The van der Waals surface area contributed by atoms with Crippen LogP contribution in [0.3, 0.4) is 0 Å². The largest absolute Gasteiger partial charge is 0.491 e. The Hall–Kier alpha value is -2.85. The third-order valence-electron chi connectivity index (χ3n) is 4.79. The van der Waals surface area contributed by atoms with Gasteiger partial charge in [-0.05, 0) is 24.3 Å². The minimum absolute atomic E-state index is 0.0644. The molecule has 4 rings (SSSR count). The number of nitrogen functional groups attached to an aromatic ring is 1. The van der Waals surface area contributed by atoms with E-state index < -0.39 is 16.8 Å². The summed E-state index contributed by atoms with van der Waals surface area (Å²) in [4.78, 5) is 14.6. The van der Waals surface area contributed by atoms with Gasteiger partial charge in [0.2, 0.25) is 5.79 Å². The lowest BCUT2D eigenvalue weighted by Gasteiger charge is -2.30. The van der Waals surface area contributed by atoms with Crippen LogP contribution >= 0.6 is 23.2 Å². The summed E-state index contributed by atoms with van der Waals surface area (Å²) in [5.74, 6) is -0.870. The third-order valence-corrected chi connectivity index (χ3v) is 5.33. The molecule has 162 valence electrons. The first-order valence-electron chi connectivity index (χ1n) is 9.26. The molecule has 2 N–H and O–H groups in total. The van der Waals surface area contributed by atoms with Gasteiger partial charge in [0, 0.05) is 23.0 Å². The molecule has 0 amide bonds. The monoisotopic (exact) mass is 464 g/mol. The number of nitrogens with two attached hydrogens (primary N) is 1. The number of halogens is 2. The molecule has 0 bridgehead atoms. The van der Waals surface area contributed by atoms with Gasteiger partial charge in [0.25, 0.3) is 5.69 Å². The molecule has 3 aromatic rings. The Morgan fingerprint density at radius 3 is 2.87 bits per heavy atom. The van der Waals surface area contributed by atoms with Crippen LogP contribution in [0.15, 0.2) is 55.1 Å². The van der Waals surface area contributed by atoms with E-state index in [0.717, 1.165) is 0 Å². The highest BCUT2D eigenvalue weighted by molar-refractivity contribution is 6.35. The van der Waals surface area contributed by atoms with Crippen molar-refractivity contribution < 1.29 is 19.1 Å². The number of ether oxygens (including phenoxy) is 3. The van der Waals surface area contributed by atoms with Gasteiger partial charge in [-0.25, -0.2) is 4.98 Å². The van der Waals surface area contributed by atoms with Crippen LogP contribution in [0.4, 0.5) is 11.4 Å². The predicted molar refractivity (Wildman–Crippen MR) is 114 cm³/mol. The number of benzene rings is 2. The van der Waals surface area contributed by atoms with Crippen LogP contribution in [0.2, 0.25) is 10.0 Å². The van der Waals surface area contributed by atoms with Gasteiger partial charge in [0.15, 0.2) is 0 Å². The number of nitro benzene ring substituents is 1. The average Bonchev–Trinajstić information content (AvgIpc) is 3.38. The van der Waals surface area contributed by atoms with Crippen LogP contribution in [-0.2, 0) is 21.8 Å². The Morgan fingerprint density at radius 1 is 1.32 bits per heavy atom. The van der Waals surface area contributed by atoms with Gasteiger partial charge in [-0.3, -0.25) is 10.1 Å². The minimum Gasteiger partial charge on any atom is -0.491 e. The molecule has 2 unspecified atom stereocenters. The number of nitro groups is 1. The van der Waals surface area contributed by atoms with Crippen LogP contribution < -0.4 is 10.5 Å². The molecule has 1 aromatic heterocycles. The van der Waals surface area contributed by atoms with Crippen molar-refractivity contribution in [3.05, 3.63) is 80.8 Å². The van der Waals surface area contributed by atoms with Gasteiger partial charge in [-0.1, -0.05) is 29.3 Å². The molecular weight excluding hydrogens is 447 g/mol. The summed E-state index contributed by atoms with van der Waals surface area (Å²) in [6.07, 6.45) is 4.64. The number of nitrogens with zero attached hydrogens (tertiary/aromatic N) is 3. The summed E-state index contributed by atoms with van der Waals surface area (Å²) < 4.78 is 19.9. The Morgan fingerprint density at radius 2 is 2.16 bits per heavy atom. The van der Waals surface area contributed by atoms with E-state index in [-0.39, 0.29) is 24.6 Å². The van der Waals surface area contributed by atoms with Crippen molar-refractivity contribution in [2.24, 2.45) is 0 Å². The van der Waals surface area contributed by atoms with Crippen LogP contribution in [0, 0.1) is 10.1 Å². The van der Waals surface area contributed by atoms with Crippen molar-refractivity contribution in [3.8, 4) is 5.75 Å². The Labute approximate surface area is 187 Å². The van der Waals surface area contributed by atoms with E-state index in [0.29, 0.717) is 27.9 Å². The van der Waals surface area contributed by atoms with Gasteiger partial charge in [0.1, 0.15) is 24.1 Å². The van der Waals surface area contributed by atoms with Crippen molar-refractivity contribution in [2.75, 3.05) is 18.9 Å². The van der Waals surface area contributed by atoms with E-state index in [4.69, 9.17) is 43.1 Å². The van der Waals surface area contributed by atoms with Gasteiger partial charge >= 0.3 is 0 Å². The first kappa shape index (κ1) is 21.4. The first-order valence-corrected chi connectivity index (χ1v) is 10.0. The molecule has 9 nitrogen and oxygen atoms in total. The molecule has 2 heterocycles. The molecule has 1 aliphatic heterocycles. The van der Waals surface area contributed by atoms with Crippen LogP contribution in [0.1, 0.15) is 5.56 Å². The number of hydrogen-bond acceptors (Lipinski definition) is 7. The van der Waals surface area contributed by atoms with E-state index in [1.54, 1.807) is 43.0 Å². The lowest BCUT2D eigenvalue weighted by molar-refractivity contribution is -0.384. The maximum absolute atomic E-state index is 11.1. The highest BCUT2D eigenvalue weighted by atomic mass is 35.5. The third kappa shape index (κ3) is 4.59. The molecule has 0 aliphatic carbocycles. The van der Waals surface area contributed by atoms with E-state index in [1.807, 2.05) is 4.57 Å². The molecule has 2 aromatic carbocycles. The second-order valence-electron chi connectivity index (χ2n) is 6.95. The number of hydrogen-bond donors (Lipinski definition) is 1. The zero-order valence-electron chi connectivity index (χ0n) is 16.1. The fraction of sp³-hybridized carbons (Fsp3) is 0.250. The molecule has 31 heavy (non-hydrogen) atoms. The number of rotatable bonds is 7. The molecule has 11 heteroatoms. The normalized spacial score (nSPS) is 20.6. The van der Waals surface area contributed by atoms with Crippen LogP contribution in [-0.4, -0.2) is 33.8 Å². The molecular formula is C20H18Cl2N4O5. The van der Waals surface area contributed by atoms with E-state index >= 15 is 0 Å². The fourth-order valence-corrected chi connectivity index (χ4v) is 3.89. The zero-order chi connectivity index (χ0) is 22.0. The first-order chi connectivity index (χ1) is 14.9. The van der Waals surface area contributed by atoms with Gasteiger partial charge in [-0.15, -0.1) is 0 Å². The summed E-state index contributed by atoms with van der Waals surface area (Å²) in [5, 5.41) is 12.0. The lowest BCUT2D eigenvalue weighted by Crippen LogP contribution is -2.34. The van der Waals surface area contributed by atoms with Crippen molar-refractivity contribution in [1.82, 2.24) is 9.55 Å². The molecule has 0 radical (unpaired) electrons. The van der Waals surface area contributed by atoms with Gasteiger partial charge in [0.05, 0.1) is 35.5 Å². The van der Waals surface area contributed by atoms with Gasteiger partial charge < -0.3 is 24.5 Å². The summed E-state index contributed by atoms with van der Waals surface area (Å²) in [5.41, 5.74) is 6.10. The predicted octanol–water partition coefficient (Wildman–Crippen LogP) is 4.03. The molecule has 1 saturated heterocycles. The Kier molecular flexibility index (Phi) is 6.01. The van der Waals surface area contributed by atoms with Crippen molar-refractivity contribution in [2.45, 2.75) is 18.4 Å². The quantitative estimate of drug-likeness (QED) is 0.318. The zero-order valence-corrected chi connectivity index (χ0v) is 17.6. The summed E-state index contributed by atoms with van der Waals surface area (Å²) in [6, 6.07) is 9.36. The van der Waals surface area contributed by atoms with Crippen LogP contribution in [0.25, 0.3) is 0 Å². The average molecular weight is 465 g/mol. The molecule has 1 aliphatic rings. The molecule has 0 spiro atoms. The molecule has 2 atom stereocenters. The number of anilines is 1. The Balaban J connectivity index is 1.53. The van der Waals surface area contributed by atoms with Gasteiger partial charge in [-0.2, -0.15) is 0 Å². The second kappa shape index (κ2) is 8.72. The number of imidazole rings is 1. The summed E-state index contributed by atoms with van der Waals surface area (Å²) in [7, 11) is 0. The summed E-state index contributed by atoms with van der Waals surface area (Å²) >= 11 is 12.5. The van der Waals surface area contributed by atoms with E-state index in [1.165, 1.54) is 12.1 Å². The minimum atomic E-state index is -1.18. The van der Waals surface area contributed by atoms with Crippen molar-refractivity contribution >= 4 is 34.6 Å². The fourth-order valence-electron chi connectivity index (χ4n) is 3.34. The van der Waals surface area contributed by atoms with Crippen molar-refractivity contribution in [1.29, 1.82) is 0 Å². The highest BCUT2D eigenvalue weighted by Crippen LogP contribution is 2.40. The van der Waals surface area contributed by atoms with Crippen molar-refractivity contribution in [3.63, 3.8) is 0 Å². The standard InChI is InChI=1S/C20H18Cl2N4O5/c21-13-1-3-16(17(22)7-13)20(11-25-6-5-24-12-25)30-10-15(31-20)9-29-14-2-4-18(23)19(8-14)26(27)28/h1-8,12,15H,9-11,23H2. The molecule has 1 fully saturated rings. The van der Waals surface area contributed by atoms with E-state index in [2.05, 4.69) is 4.98 Å². The number of aromatic nitrogens is 2. The second-order valence-corrected chi connectivity index (χ2v) is 7.80. The Bertz CT molecular complexity index is 1100. The SMILES string of the molecule is Nc1ccc(OCC2COC(Cn3ccnc3)(c3ccc(Cl)cc3Cl)O2)cc1[N+](=O)[O-]. The topological polar surface area (TPSA) is 115 Å². The maximum atomic E-state index is 11.1. The highest BCUT2D eigenvalue weighted by Gasteiger charge is 2.45. The summed E-state index contributed by atoms with van der Waals surface area (Å²) in [6.45, 7) is 0.640. The lowest BCUT2D eigenvalue weighted by atomic mass is 10.1. The smallest absolute Gasteiger partial charge is 0.295 e.